The molecular formula is C25H21FN2O2. The number of hydrogen-bond acceptors (Lipinski definition) is 3. The topological polar surface area (TPSA) is 62.1 Å². The van der Waals surface area contributed by atoms with Crippen LogP contribution in [0.4, 0.5) is 10.1 Å². The predicted molar refractivity (Wildman–Crippen MR) is 115 cm³/mol. The summed E-state index contributed by atoms with van der Waals surface area (Å²) < 4.78 is 18.6. The van der Waals surface area contributed by atoms with Gasteiger partial charge >= 0.3 is 0 Å². The number of nitriles is 1. The number of carbonyl (C=O) groups excluding carboxylic acids is 1. The molecule has 0 bridgehead atoms. The Labute approximate surface area is 175 Å². The van der Waals surface area contributed by atoms with Crippen LogP contribution in [0.2, 0.25) is 0 Å². The number of halogens is 1. The smallest absolute Gasteiger partial charge is 0.266 e. The third kappa shape index (κ3) is 5.79. The van der Waals surface area contributed by atoms with Crippen molar-refractivity contribution in [2.45, 2.75) is 20.0 Å². The molecular weight excluding hydrogens is 379 g/mol. The van der Waals surface area contributed by atoms with E-state index < -0.39 is 5.91 Å². The fourth-order valence-corrected chi connectivity index (χ4v) is 2.75. The first kappa shape index (κ1) is 20.8. The van der Waals surface area contributed by atoms with E-state index in [4.69, 9.17) is 4.74 Å². The third-order valence-corrected chi connectivity index (χ3v) is 4.49. The summed E-state index contributed by atoms with van der Waals surface area (Å²) in [6, 6.07) is 22.6. The average molecular weight is 400 g/mol. The minimum atomic E-state index is -0.460. The van der Waals surface area contributed by atoms with Crippen LogP contribution in [0.3, 0.4) is 0 Å². The van der Waals surface area contributed by atoms with Crippen LogP contribution < -0.4 is 10.1 Å². The number of rotatable bonds is 7. The predicted octanol–water partition coefficient (Wildman–Crippen LogP) is 5.51. The van der Waals surface area contributed by atoms with Crippen molar-refractivity contribution in [3.8, 4) is 11.8 Å². The lowest BCUT2D eigenvalue weighted by Gasteiger charge is -2.07. The highest BCUT2D eigenvalue weighted by molar-refractivity contribution is 6.09. The number of aryl methyl sites for hydroxylation is 1. The number of anilines is 1. The zero-order chi connectivity index (χ0) is 21.3. The van der Waals surface area contributed by atoms with E-state index in [0.29, 0.717) is 23.6 Å². The lowest BCUT2D eigenvalue weighted by molar-refractivity contribution is -0.112. The molecule has 0 radical (unpaired) electrons. The molecule has 0 aliphatic heterocycles. The van der Waals surface area contributed by atoms with Crippen LogP contribution in [0.15, 0.2) is 78.4 Å². The molecule has 0 fully saturated rings. The van der Waals surface area contributed by atoms with Gasteiger partial charge in [-0.05, 0) is 65.6 Å². The van der Waals surface area contributed by atoms with Gasteiger partial charge in [-0.15, -0.1) is 0 Å². The lowest BCUT2D eigenvalue weighted by Crippen LogP contribution is -2.13. The maximum atomic E-state index is 12.9. The molecule has 3 aromatic rings. The van der Waals surface area contributed by atoms with Crippen molar-refractivity contribution < 1.29 is 13.9 Å². The molecule has 3 rings (SSSR count). The molecule has 0 aromatic heterocycles. The number of ether oxygens (including phenoxy) is 1. The summed E-state index contributed by atoms with van der Waals surface area (Å²) in [5.74, 6) is -0.112. The molecule has 0 saturated heterocycles. The van der Waals surface area contributed by atoms with Gasteiger partial charge in [0, 0.05) is 5.69 Å². The van der Waals surface area contributed by atoms with Gasteiger partial charge in [0.25, 0.3) is 5.91 Å². The first-order chi connectivity index (χ1) is 14.6. The molecule has 1 N–H and O–H groups in total. The van der Waals surface area contributed by atoms with Crippen molar-refractivity contribution in [3.63, 3.8) is 0 Å². The number of amides is 1. The second kappa shape index (κ2) is 10.0. The Balaban J connectivity index is 1.62. The van der Waals surface area contributed by atoms with Crippen LogP contribution in [0, 0.1) is 17.1 Å². The van der Waals surface area contributed by atoms with Crippen molar-refractivity contribution >= 4 is 17.7 Å². The quantitative estimate of drug-likeness (QED) is 0.420. The van der Waals surface area contributed by atoms with Crippen LogP contribution >= 0.6 is 0 Å². The van der Waals surface area contributed by atoms with Gasteiger partial charge in [0.15, 0.2) is 0 Å². The summed E-state index contributed by atoms with van der Waals surface area (Å²) in [7, 11) is 0. The summed E-state index contributed by atoms with van der Waals surface area (Å²) in [5.41, 5.74) is 3.39. The van der Waals surface area contributed by atoms with Gasteiger partial charge in [-0.2, -0.15) is 5.26 Å². The maximum absolute atomic E-state index is 12.9. The molecule has 0 unspecified atom stereocenters. The van der Waals surface area contributed by atoms with Crippen LogP contribution in [-0.4, -0.2) is 5.91 Å². The normalized spacial score (nSPS) is 10.9. The number of hydrogen-bond donors (Lipinski definition) is 1. The van der Waals surface area contributed by atoms with Gasteiger partial charge in [-0.1, -0.05) is 43.3 Å². The zero-order valence-corrected chi connectivity index (χ0v) is 16.6. The average Bonchev–Trinajstić information content (AvgIpc) is 2.78. The van der Waals surface area contributed by atoms with Gasteiger partial charge in [0.2, 0.25) is 0 Å². The van der Waals surface area contributed by atoms with Crippen LogP contribution in [0.1, 0.15) is 23.6 Å². The highest BCUT2D eigenvalue weighted by Crippen LogP contribution is 2.17. The van der Waals surface area contributed by atoms with Crippen LogP contribution in [0.25, 0.3) is 6.08 Å². The summed E-state index contributed by atoms with van der Waals surface area (Å²) in [4.78, 5) is 12.4. The van der Waals surface area contributed by atoms with Crippen molar-refractivity contribution in [3.05, 3.63) is 101 Å². The molecule has 0 aliphatic carbocycles. The van der Waals surface area contributed by atoms with Crippen molar-refractivity contribution in [2.24, 2.45) is 0 Å². The van der Waals surface area contributed by atoms with Gasteiger partial charge in [0.05, 0.1) is 0 Å². The second-order valence-corrected chi connectivity index (χ2v) is 6.66. The fourth-order valence-electron chi connectivity index (χ4n) is 2.75. The van der Waals surface area contributed by atoms with Gasteiger partial charge < -0.3 is 10.1 Å². The number of carbonyl (C=O) groups is 1. The summed E-state index contributed by atoms with van der Waals surface area (Å²) in [5, 5.41) is 12.1. The zero-order valence-electron chi connectivity index (χ0n) is 16.6. The molecule has 0 aliphatic rings. The Morgan fingerprint density at radius 3 is 2.23 bits per heavy atom. The highest BCUT2D eigenvalue weighted by atomic mass is 19.1. The van der Waals surface area contributed by atoms with Crippen molar-refractivity contribution in [2.75, 3.05) is 5.32 Å². The molecule has 0 heterocycles. The van der Waals surface area contributed by atoms with E-state index in [0.717, 1.165) is 12.0 Å². The second-order valence-electron chi connectivity index (χ2n) is 6.66. The Bertz CT molecular complexity index is 1060. The molecule has 30 heavy (non-hydrogen) atoms. The standard InChI is InChI=1S/C25H21FN2O2/c1-2-18-5-11-23(12-6-18)28-25(29)21(16-27)15-19-7-13-24(14-8-19)30-17-20-3-9-22(26)10-4-20/h3-15H,2,17H2,1H3,(H,28,29)/b21-15+. The maximum Gasteiger partial charge on any atom is 0.266 e. The Hall–Kier alpha value is -3.91. The molecule has 150 valence electrons. The monoisotopic (exact) mass is 400 g/mol. The largest absolute Gasteiger partial charge is 0.489 e. The minimum Gasteiger partial charge on any atom is -0.489 e. The Morgan fingerprint density at radius 1 is 1.00 bits per heavy atom. The van der Waals surface area contributed by atoms with Crippen LogP contribution in [-0.2, 0) is 17.8 Å². The minimum absolute atomic E-state index is 0.00884. The van der Waals surface area contributed by atoms with E-state index >= 15 is 0 Å². The number of nitrogens with one attached hydrogen (secondary N) is 1. The van der Waals surface area contributed by atoms with Gasteiger partial charge in [-0.25, -0.2) is 4.39 Å². The fraction of sp³-hybridized carbons (Fsp3) is 0.120. The highest BCUT2D eigenvalue weighted by Gasteiger charge is 2.09. The first-order valence-corrected chi connectivity index (χ1v) is 9.57. The van der Waals surface area contributed by atoms with E-state index in [1.54, 1.807) is 36.4 Å². The third-order valence-electron chi connectivity index (χ3n) is 4.49. The van der Waals surface area contributed by atoms with Crippen LogP contribution in [0.5, 0.6) is 5.75 Å². The molecule has 5 heteroatoms. The molecule has 0 saturated carbocycles. The molecule has 1 amide bonds. The van der Waals surface area contributed by atoms with E-state index in [2.05, 4.69) is 12.2 Å². The molecule has 0 spiro atoms. The molecule has 4 nitrogen and oxygen atoms in total. The SMILES string of the molecule is CCc1ccc(NC(=O)/C(C#N)=C/c2ccc(OCc3ccc(F)cc3)cc2)cc1. The lowest BCUT2D eigenvalue weighted by atomic mass is 10.1. The van der Waals surface area contributed by atoms with Crippen molar-refractivity contribution in [1.29, 1.82) is 5.26 Å². The van der Waals surface area contributed by atoms with Gasteiger partial charge in [-0.3, -0.25) is 4.79 Å². The summed E-state index contributed by atoms with van der Waals surface area (Å²) in [6.45, 7) is 2.38. The first-order valence-electron chi connectivity index (χ1n) is 9.57. The Morgan fingerprint density at radius 2 is 1.63 bits per heavy atom. The van der Waals surface area contributed by atoms with Gasteiger partial charge in [0.1, 0.15) is 29.8 Å². The summed E-state index contributed by atoms with van der Waals surface area (Å²) >= 11 is 0. The van der Waals surface area contributed by atoms with E-state index in [1.165, 1.54) is 23.8 Å². The molecule has 0 atom stereocenters. The van der Waals surface area contributed by atoms with E-state index in [9.17, 15) is 14.4 Å². The Kier molecular flexibility index (Phi) is 6.96. The van der Waals surface area contributed by atoms with Crippen molar-refractivity contribution in [1.82, 2.24) is 0 Å². The van der Waals surface area contributed by atoms with E-state index in [-0.39, 0.29) is 11.4 Å². The summed E-state index contributed by atoms with van der Waals surface area (Å²) in [6.07, 6.45) is 2.45. The molecule has 3 aromatic carbocycles. The number of nitrogens with zero attached hydrogens (tertiary/aromatic N) is 1. The number of benzene rings is 3. The van der Waals surface area contributed by atoms with E-state index in [1.807, 2.05) is 30.3 Å².